The zero-order chi connectivity index (χ0) is 11.1. The van der Waals surface area contributed by atoms with E-state index in [2.05, 4.69) is 24.3 Å². The number of nitrogens with one attached hydrogen (secondary N) is 1. The average Bonchev–Trinajstić information content (AvgIpc) is 2.24. The van der Waals surface area contributed by atoms with E-state index in [9.17, 15) is 0 Å². The van der Waals surface area contributed by atoms with Gasteiger partial charge in [-0.2, -0.15) is 0 Å². The highest BCUT2D eigenvalue weighted by atomic mass is 16.5. The Balaban J connectivity index is 2.30. The number of hydrogen-bond acceptors (Lipinski definition) is 4. The van der Waals surface area contributed by atoms with Gasteiger partial charge in [0.15, 0.2) is 0 Å². The highest BCUT2D eigenvalue weighted by Gasteiger charge is 1.97. The molecule has 4 nitrogen and oxygen atoms in total. The smallest absolute Gasteiger partial charge is 0.140 e. The first kappa shape index (κ1) is 11.9. The summed E-state index contributed by atoms with van der Waals surface area (Å²) in [6.07, 6.45) is 2.81. The summed E-state index contributed by atoms with van der Waals surface area (Å²) in [6.45, 7) is 5.79. The topological polar surface area (TPSA) is 60.2 Å². The molecule has 1 aromatic rings. The maximum Gasteiger partial charge on any atom is 0.140 e. The molecule has 0 aliphatic rings. The number of hydrogen-bond donors (Lipinski definition) is 2. The number of hydrazine groups is 1. The van der Waals surface area contributed by atoms with Crippen molar-refractivity contribution in [1.29, 1.82) is 0 Å². The Kier molecular flexibility index (Phi) is 5.07. The van der Waals surface area contributed by atoms with Crippen molar-refractivity contribution in [1.82, 2.24) is 4.98 Å². The molecule has 1 aromatic heterocycles. The van der Waals surface area contributed by atoms with Crippen LogP contribution in [0.3, 0.4) is 0 Å². The number of nitrogens with two attached hydrogens (primary N) is 1. The number of anilines is 1. The fourth-order valence-corrected chi connectivity index (χ4v) is 1.15. The number of nitrogen functional groups attached to an aromatic ring is 1. The summed E-state index contributed by atoms with van der Waals surface area (Å²) in [7, 11) is 0. The molecule has 1 rings (SSSR count). The molecule has 0 atom stereocenters. The van der Waals surface area contributed by atoms with Crippen molar-refractivity contribution in [2.45, 2.75) is 26.9 Å². The molecule has 0 saturated heterocycles. The van der Waals surface area contributed by atoms with Crippen molar-refractivity contribution in [2.75, 3.05) is 12.0 Å². The highest BCUT2D eigenvalue weighted by molar-refractivity contribution is 5.35. The van der Waals surface area contributed by atoms with Gasteiger partial charge in [0.2, 0.25) is 0 Å². The SMILES string of the molecule is CC(C)CCOCc1ccnc(NN)c1. The van der Waals surface area contributed by atoms with E-state index in [4.69, 9.17) is 10.6 Å². The summed E-state index contributed by atoms with van der Waals surface area (Å²) in [6, 6.07) is 3.81. The zero-order valence-electron chi connectivity index (χ0n) is 9.36. The van der Waals surface area contributed by atoms with Gasteiger partial charge in [0.25, 0.3) is 0 Å². The Labute approximate surface area is 90.8 Å². The quantitative estimate of drug-likeness (QED) is 0.427. The van der Waals surface area contributed by atoms with E-state index in [-0.39, 0.29) is 0 Å². The van der Waals surface area contributed by atoms with Crippen molar-refractivity contribution in [3.05, 3.63) is 23.9 Å². The normalized spacial score (nSPS) is 10.7. The molecule has 0 fully saturated rings. The number of nitrogens with zero attached hydrogens (tertiary/aromatic N) is 1. The van der Waals surface area contributed by atoms with Gasteiger partial charge in [-0.25, -0.2) is 10.8 Å². The Morgan fingerprint density at radius 3 is 3.00 bits per heavy atom. The van der Waals surface area contributed by atoms with Crippen LogP contribution in [-0.4, -0.2) is 11.6 Å². The second-order valence-corrected chi connectivity index (χ2v) is 3.93. The van der Waals surface area contributed by atoms with Gasteiger partial charge < -0.3 is 10.2 Å². The molecular formula is C11H19N3O. The van der Waals surface area contributed by atoms with E-state index in [0.29, 0.717) is 18.3 Å². The Morgan fingerprint density at radius 1 is 1.53 bits per heavy atom. The number of pyridine rings is 1. The van der Waals surface area contributed by atoms with Crippen LogP contribution in [0.5, 0.6) is 0 Å². The largest absolute Gasteiger partial charge is 0.377 e. The second-order valence-electron chi connectivity index (χ2n) is 3.93. The fraction of sp³-hybridized carbons (Fsp3) is 0.545. The molecule has 0 amide bonds. The lowest BCUT2D eigenvalue weighted by atomic mass is 10.1. The van der Waals surface area contributed by atoms with Crippen LogP contribution in [0.4, 0.5) is 5.82 Å². The lowest BCUT2D eigenvalue weighted by Gasteiger charge is -2.07. The predicted octanol–water partition coefficient (Wildman–Crippen LogP) is 1.93. The Hall–Kier alpha value is -1.13. The van der Waals surface area contributed by atoms with E-state index in [0.717, 1.165) is 18.6 Å². The third-order valence-corrected chi connectivity index (χ3v) is 2.08. The van der Waals surface area contributed by atoms with Crippen molar-refractivity contribution < 1.29 is 4.74 Å². The predicted molar refractivity (Wildman–Crippen MR) is 61.2 cm³/mol. The third kappa shape index (κ3) is 4.76. The molecule has 4 heteroatoms. The van der Waals surface area contributed by atoms with Crippen LogP contribution >= 0.6 is 0 Å². The minimum absolute atomic E-state index is 0.615. The molecule has 1 heterocycles. The molecular weight excluding hydrogens is 190 g/mol. The monoisotopic (exact) mass is 209 g/mol. The number of rotatable bonds is 6. The molecule has 0 saturated carbocycles. The number of ether oxygens (including phenoxy) is 1. The van der Waals surface area contributed by atoms with Crippen molar-refractivity contribution in [3.8, 4) is 0 Å². The van der Waals surface area contributed by atoms with Crippen LogP contribution in [0.2, 0.25) is 0 Å². The van der Waals surface area contributed by atoms with Crippen molar-refractivity contribution in [2.24, 2.45) is 11.8 Å². The van der Waals surface area contributed by atoms with Crippen molar-refractivity contribution in [3.63, 3.8) is 0 Å². The lowest BCUT2D eigenvalue weighted by Crippen LogP contribution is -2.08. The third-order valence-electron chi connectivity index (χ3n) is 2.08. The lowest BCUT2D eigenvalue weighted by molar-refractivity contribution is 0.110. The van der Waals surface area contributed by atoms with Gasteiger partial charge in [0, 0.05) is 12.8 Å². The van der Waals surface area contributed by atoms with E-state index in [1.54, 1.807) is 6.20 Å². The van der Waals surface area contributed by atoms with E-state index in [1.165, 1.54) is 0 Å². The summed E-state index contributed by atoms with van der Waals surface area (Å²) in [5, 5.41) is 0. The molecule has 15 heavy (non-hydrogen) atoms. The summed E-state index contributed by atoms with van der Waals surface area (Å²) in [5.41, 5.74) is 3.59. The number of aromatic nitrogens is 1. The van der Waals surface area contributed by atoms with Gasteiger partial charge >= 0.3 is 0 Å². The van der Waals surface area contributed by atoms with E-state index < -0.39 is 0 Å². The standard InChI is InChI=1S/C11H19N3O/c1-9(2)4-6-15-8-10-3-5-13-11(7-10)14-12/h3,5,7,9H,4,6,8,12H2,1-2H3,(H,13,14). The van der Waals surface area contributed by atoms with E-state index >= 15 is 0 Å². The first-order valence-electron chi connectivity index (χ1n) is 5.21. The molecule has 84 valence electrons. The van der Waals surface area contributed by atoms with Crippen molar-refractivity contribution >= 4 is 5.82 Å². The summed E-state index contributed by atoms with van der Waals surface area (Å²) in [4.78, 5) is 4.02. The summed E-state index contributed by atoms with van der Waals surface area (Å²) in [5.74, 6) is 6.61. The van der Waals surface area contributed by atoms with Gasteiger partial charge in [-0.1, -0.05) is 13.8 Å². The second kappa shape index (κ2) is 6.37. The summed E-state index contributed by atoms with van der Waals surface area (Å²) < 4.78 is 5.53. The van der Waals surface area contributed by atoms with Gasteiger partial charge in [-0.15, -0.1) is 0 Å². The highest BCUT2D eigenvalue weighted by Crippen LogP contribution is 2.07. The first-order chi connectivity index (χ1) is 7.22. The van der Waals surface area contributed by atoms with Crippen LogP contribution in [0.25, 0.3) is 0 Å². The minimum atomic E-state index is 0.615. The van der Waals surface area contributed by atoms with Crippen LogP contribution in [0.1, 0.15) is 25.8 Å². The average molecular weight is 209 g/mol. The Morgan fingerprint density at radius 2 is 2.33 bits per heavy atom. The summed E-state index contributed by atoms with van der Waals surface area (Å²) >= 11 is 0. The molecule has 0 unspecified atom stereocenters. The van der Waals surface area contributed by atoms with Crippen LogP contribution in [-0.2, 0) is 11.3 Å². The zero-order valence-corrected chi connectivity index (χ0v) is 9.36. The molecule has 0 spiro atoms. The molecule has 3 N–H and O–H groups in total. The van der Waals surface area contributed by atoms with Crippen LogP contribution in [0.15, 0.2) is 18.3 Å². The minimum Gasteiger partial charge on any atom is -0.377 e. The molecule has 0 bridgehead atoms. The molecule has 0 radical (unpaired) electrons. The Bertz CT molecular complexity index is 289. The van der Waals surface area contributed by atoms with Gasteiger partial charge in [-0.05, 0) is 30.0 Å². The van der Waals surface area contributed by atoms with Gasteiger partial charge in [0.05, 0.1) is 6.61 Å². The fourth-order valence-electron chi connectivity index (χ4n) is 1.15. The van der Waals surface area contributed by atoms with Crippen LogP contribution < -0.4 is 11.3 Å². The molecule has 0 aromatic carbocycles. The van der Waals surface area contributed by atoms with Crippen LogP contribution in [0, 0.1) is 5.92 Å². The van der Waals surface area contributed by atoms with Gasteiger partial charge in [0.1, 0.15) is 5.82 Å². The maximum absolute atomic E-state index is 5.53. The van der Waals surface area contributed by atoms with Gasteiger partial charge in [-0.3, -0.25) is 0 Å². The molecule has 0 aliphatic carbocycles. The molecule has 0 aliphatic heterocycles. The maximum atomic E-state index is 5.53. The first-order valence-corrected chi connectivity index (χ1v) is 5.21. The van der Waals surface area contributed by atoms with E-state index in [1.807, 2.05) is 12.1 Å².